The molecule has 1 aromatic heterocycles. The monoisotopic (exact) mass is 582 g/mol. The summed E-state index contributed by atoms with van der Waals surface area (Å²) in [5, 5.41) is 0. The van der Waals surface area contributed by atoms with Crippen LogP contribution in [0.3, 0.4) is 0 Å². The molecule has 0 unspecified atom stereocenters. The van der Waals surface area contributed by atoms with Crippen molar-refractivity contribution < 1.29 is 13.7 Å². The SMILES string of the molecule is Cc1ccccc1-c1ccc(-[n+]2c[n+](-c3ccc(-c4ccccc4C)cc3)c[n+](-c3ccc(-c4ccccc4C)cc3)c2)cc1. The van der Waals surface area contributed by atoms with Crippen LogP contribution in [0, 0.1) is 20.8 Å². The molecule has 0 bridgehead atoms. The fourth-order valence-electron chi connectivity index (χ4n) is 6.02. The predicted octanol–water partition coefficient (Wildman–Crippen LogP) is 8.44. The van der Waals surface area contributed by atoms with Gasteiger partial charge in [0.25, 0.3) is 0 Å². The second-order valence-electron chi connectivity index (χ2n) is 11.7. The largest absolute Gasteiger partial charge is 0.428 e. The molecule has 0 amide bonds. The number of aromatic nitrogens is 3. The molecule has 7 aromatic rings. The van der Waals surface area contributed by atoms with Crippen molar-refractivity contribution in [2.75, 3.05) is 0 Å². The molecule has 3 nitrogen and oxygen atoms in total. The van der Waals surface area contributed by atoms with Gasteiger partial charge in [-0.2, -0.15) is 0 Å². The molecule has 3 heteroatoms. The zero-order valence-electron chi connectivity index (χ0n) is 25.9. The van der Waals surface area contributed by atoms with E-state index in [1.807, 2.05) is 0 Å². The lowest BCUT2D eigenvalue weighted by Crippen LogP contribution is -2.55. The molecule has 45 heavy (non-hydrogen) atoms. The minimum atomic E-state index is 1.09. The molecule has 0 radical (unpaired) electrons. The highest BCUT2D eigenvalue weighted by Crippen LogP contribution is 2.25. The molecule has 0 aliphatic carbocycles. The zero-order valence-corrected chi connectivity index (χ0v) is 25.9. The molecule has 6 aromatic carbocycles. The van der Waals surface area contributed by atoms with Gasteiger partial charge in [-0.1, -0.05) is 86.5 Å². The first kappa shape index (κ1) is 28.1. The van der Waals surface area contributed by atoms with Gasteiger partial charge in [-0.05, 0) is 107 Å². The van der Waals surface area contributed by atoms with E-state index in [0.717, 1.165) is 17.1 Å². The molecule has 7 rings (SSSR count). The molecule has 0 saturated heterocycles. The fraction of sp³-hybridized carbons (Fsp3) is 0.0714. The lowest BCUT2D eigenvalue weighted by Gasteiger charge is -2.06. The third-order valence-corrected chi connectivity index (χ3v) is 8.61. The smallest absolute Gasteiger partial charge is 0.0620 e. The topological polar surface area (TPSA) is 11.6 Å². The number of benzene rings is 6. The maximum absolute atomic E-state index is 2.21. The number of aryl methyl sites for hydroxylation is 3. The Morgan fingerprint density at radius 2 is 0.533 bits per heavy atom. The highest BCUT2D eigenvalue weighted by molar-refractivity contribution is 5.69. The Kier molecular flexibility index (Phi) is 7.59. The molecule has 0 N–H and O–H groups in total. The molecule has 0 aliphatic rings. The second-order valence-corrected chi connectivity index (χ2v) is 11.7. The van der Waals surface area contributed by atoms with Gasteiger partial charge >= 0.3 is 19.0 Å². The summed E-state index contributed by atoms with van der Waals surface area (Å²) in [7, 11) is 0. The first-order valence-corrected chi connectivity index (χ1v) is 15.4. The van der Waals surface area contributed by atoms with Crippen LogP contribution in [0.1, 0.15) is 16.7 Å². The maximum Gasteiger partial charge on any atom is 0.428 e. The zero-order chi connectivity index (χ0) is 30.8. The Morgan fingerprint density at radius 1 is 0.289 bits per heavy atom. The van der Waals surface area contributed by atoms with E-state index in [9.17, 15) is 0 Å². The molecule has 0 spiro atoms. The van der Waals surface area contributed by atoms with Crippen LogP contribution in [-0.4, -0.2) is 0 Å². The summed E-state index contributed by atoms with van der Waals surface area (Å²) in [4.78, 5) is 0. The Bertz CT molecular complexity index is 1850. The summed E-state index contributed by atoms with van der Waals surface area (Å²) in [6.07, 6.45) is 6.43. The number of hydrogen-bond acceptors (Lipinski definition) is 0. The highest BCUT2D eigenvalue weighted by Gasteiger charge is 2.25. The lowest BCUT2D eigenvalue weighted by molar-refractivity contribution is -0.858. The van der Waals surface area contributed by atoms with E-state index in [-0.39, 0.29) is 0 Å². The average Bonchev–Trinajstić information content (AvgIpc) is 3.09. The molecule has 0 fully saturated rings. The van der Waals surface area contributed by atoms with Crippen molar-refractivity contribution in [2.24, 2.45) is 0 Å². The van der Waals surface area contributed by atoms with Gasteiger partial charge in [0.2, 0.25) is 17.1 Å². The van der Waals surface area contributed by atoms with Crippen molar-refractivity contribution in [1.29, 1.82) is 0 Å². The van der Waals surface area contributed by atoms with E-state index >= 15 is 0 Å². The molecular weight excluding hydrogens is 546 g/mol. The van der Waals surface area contributed by atoms with Crippen LogP contribution in [0.15, 0.2) is 165 Å². The minimum Gasteiger partial charge on any atom is -0.0620 e. The van der Waals surface area contributed by atoms with Gasteiger partial charge in [0, 0.05) is 36.4 Å². The van der Waals surface area contributed by atoms with Crippen molar-refractivity contribution in [3.63, 3.8) is 0 Å². The van der Waals surface area contributed by atoms with Crippen molar-refractivity contribution in [3.05, 3.63) is 181 Å². The number of rotatable bonds is 6. The lowest BCUT2D eigenvalue weighted by atomic mass is 10.0. The van der Waals surface area contributed by atoms with Crippen LogP contribution in [0.2, 0.25) is 0 Å². The van der Waals surface area contributed by atoms with Crippen LogP contribution in [0.4, 0.5) is 0 Å². The van der Waals surface area contributed by atoms with Crippen LogP contribution in [0.25, 0.3) is 50.4 Å². The predicted molar refractivity (Wildman–Crippen MR) is 182 cm³/mol. The van der Waals surface area contributed by atoms with Crippen molar-refractivity contribution in [3.8, 4) is 50.4 Å². The van der Waals surface area contributed by atoms with E-state index in [1.54, 1.807) is 0 Å². The Labute approximate surface area is 265 Å². The van der Waals surface area contributed by atoms with Gasteiger partial charge in [-0.3, -0.25) is 0 Å². The van der Waals surface area contributed by atoms with E-state index in [0.29, 0.717) is 0 Å². The first-order chi connectivity index (χ1) is 22.0. The van der Waals surface area contributed by atoms with Crippen LogP contribution < -0.4 is 13.7 Å². The summed E-state index contributed by atoms with van der Waals surface area (Å²) >= 11 is 0. The summed E-state index contributed by atoms with van der Waals surface area (Å²) in [6.45, 7) is 6.49. The summed E-state index contributed by atoms with van der Waals surface area (Å²) in [6, 6.07) is 52.0. The third kappa shape index (κ3) is 5.81. The van der Waals surface area contributed by atoms with Gasteiger partial charge < -0.3 is 0 Å². The molecular formula is C42H36N3+3. The molecule has 0 saturated carbocycles. The van der Waals surface area contributed by atoms with Gasteiger partial charge in [0.1, 0.15) is 0 Å². The maximum atomic E-state index is 2.21. The molecule has 0 aliphatic heterocycles. The van der Waals surface area contributed by atoms with Crippen LogP contribution in [-0.2, 0) is 0 Å². The van der Waals surface area contributed by atoms with E-state index in [2.05, 4.69) is 199 Å². The summed E-state index contributed by atoms with van der Waals surface area (Å²) in [5.41, 5.74) is 14.5. The normalized spacial score (nSPS) is 11.0. The number of hydrogen-bond donors (Lipinski definition) is 0. The Balaban J connectivity index is 1.30. The molecule has 1 heterocycles. The van der Waals surface area contributed by atoms with Gasteiger partial charge in [0.05, 0.1) is 0 Å². The third-order valence-electron chi connectivity index (χ3n) is 8.61. The van der Waals surface area contributed by atoms with E-state index < -0.39 is 0 Å². The molecule has 216 valence electrons. The van der Waals surface area contributed by atoms with Crippen LogP contribution >= 0.6 is 0 Å². The Morgan fingerprint density at radius 3 is 0.778 bits per heavy atom. The van der Waals surface area contributed by atoms with Gasteiger partial charge in [-0.25, -0.2) is 0 Å². The summed E-state index contributed by atoms with van der Waals surface area (Å²) < 4.78 is 6.56. The fourth-order valence-corrected chi connectivity index (χ4v) is 6.02. The van der Waals surface area contributed by atoms with E-state index in [1.165, 1.54) is 50.1 Å². The highest BCUT2D eigenvalue weighted by atomic mass is 15.2. The molecule has 0 atom stereocenters. The van der Waals surface area contributed by atoms with E-state index in [4.69, 9.17) is 0 Å². The second kappa shape index (κ2) is 12.1. The Hall–Kier alpha value is -5.67. The average molecular weight is 583 g/mol. The first-order valence-electron chi connectivity index (χ1n) is 15.4. The summed E-state index contributed by atoms with van der Waals surface area (Å²) in [5.74, 6) is 0. The quantitative estimate of drug-likeness (QED) is 0.174. The van der Waals surface area contributed by atoms with Crippen molar-refractivity contribution >= 4 is 0 Å². The van der Waals surface area contributed by atoms with Crippen molar-refractivity contribution in [2.45, 2.75) is 20.8 Å². The standard InChI is InChI=1S/C42H36N3/c1-31-10-4-7-13-40(31)34-16-22-37(23-17-34)43-28-44(38-24-18-35(19-25-38)41-14-8-5-11-32(41)2)30-45(29-43)39-26-20-36(21-27-39)42-15-9-6-12-33(42)3/h4-30H,1-3H3/q+3. The van der Waals surface area contributed by atoms with Crippen molar-refractivity contribution in [1.82, 2.24) is 0 Å². The van der Waals surface area contributed by atoms with Gasteiger partial charge in [-0.15, -0.1) is 0 Å². The van der Waals surface area contributed by atoms with Crippen LogP contribution in [0.5, 0.6) is 0 Å². The van der Waals surface area contributed by atoms with Gasteiger partial charge in [0.15, 0.2) is 0 Å². The number of nitrogens with zero attached hydrogens (tertiary/aromatic N) is 3. The minimum absolute atomic E-state index is 1.09.